The fourth-order valence-corrected chi connectivity index (χ4v) is 7.32. The highest BCUT2D eigenvalue weighted by molar-refractivity contribution is 5.32. The molecule has 3 fully saturated rings. The molecule has 0 saturated heterocycles. The topological polar surface area (TPSA) is 18.5 Å². The lowest BCUT2D eigenvalue weighted by Gasteiger charge is -2.40. The zero-order valence-corrected chi connectivity index (χ0v) is 23.9. The second kappa shape index (κ2) is 13.6. The van der Waals surface area contributed by atoms with Crippen LogP contribution in [0.5, 0.6) is 5.75 Å². The van der Waals surface area contributed by atoms with Gasteiger partial charge in [-0.3, -0.25) is 0 Å². The second-order valence-corrected chi connectivity index (χ2v) is 12.6. The van der Waals surface area contributed by atoms with E-state index in [0.29, 0.717) is 57.3 Å². The van der Waals surface area contributed by atoms with E-state index in [-0.39, 0.29) is 36.8 Å². The number of unbranched alkanes of at least 4 members (excludes halogenated alkanes) is 1. The van der Waals surface area contributed by atoms with Crippen molar-refractivity contribution in [2.75, 3.05) is 0 Å². The molecule has 0 spiro atoms. The number of benzene rings is 1. The van der Waals surface area contributed by atoms with Crippen molar-refractivity contribution in [2.24, 2.45) is 29.6 Å². The lowest BCUT2D eigenvalue weighted by atomic mass is 9.70. The number of halogens is 9. The molecule has 42 heavy (non-hydrogen) atoms. The maximum Gasteiger partial charge on any atom is 0.422 e. The molecule has 0 aromatic heterocycles. The minimum atomic E-state index is -5.31. The molecule has 0 aliphatic heterocycles. The van der Waals surface area contributed by atoms with Crippen LogP contribution < -0.4 is 4.74 Å². The van der Waals surface area contributed by atoms with Crippen LogP contribution >= 0.6 is 0 Å². The van der Waals surface area contributed by atoms with Crippen molar-refractivity contribution in [1.29, 1.82) is 0 Å². The summed E-state index contributed by atoms with van der Waals surface area (Å²) in [6, 6.07) is 0.238. The number of hydrogen-bond acceptors (Lipinski definition) is 2. The highest BCUT2D eigenvalue weighted by Gasteiger charge is 2.47. The minimum Gasteiger partial charge on any atom is -0.432 e. The monoisotopic (exact) mass is 616 g/mol. The largest absolute Gasteiger partial charge is 0.432 e. The SMILES string of the molecule is CCCCC1CCC(C(F)(F)OC2CCC(C3CCC(C(F)(F)Oc4cc(F)c(C(F)(F)F)c(F)c4)CC3)CC2)CC1. The van der Waals surface area contributed by atoms with Crippen LogP contribution in [-0.4, -0.2) is 18.3 Å². The van der Waals surface area contributed by atoms with Gasteiger partial charge in [-0.1, -0.05) is 26.2 Å². The second-order valence-electron chi connectivity index (χ2n) is 12.6. The Balaban J connectivity index is 1.21. The summed E-state index contributed by atoms with van der Waals surface area (Å²) < 4.78 is 135. The Kier molecular flexibility index (Phi) is 10.7. The maximum absolute atomic E-state index is 15.0. The van der Waals surface area contributed by atoms with Crippen molar-refractivity contribution in [3.63, 3.8) is 0 Å². The quantitative estimate of drug-likeness (QED) is 0.244. The predicted octanol–water partition coefficient (Wildman–Crippen LogP) is 10.9. The number of alkyl halides is 7. The average Bonchev–Trinajstić information content (AvgIpc) is 2.91. The van der Waals surface area contributed by atoms with Gasteiger partial charge in [-0.25, -0.2) is 8.78 Å². The van der Waals surface area contributed by atoms with E-state index in [1.54, 1.807) is 0 Å². The molecular weight excluding hydrogens is 575 g/mol. The Morgan fingerprint density at radius 2 is 1.14 bits per heavy atom. The molecule has 0 unspecified atom stereocenters. The molecule has 0 bridgehead atoms. The van der Waals surface area contributed by atoms with E-state index in [9.17, 15) is 39.5 Å². The van der Waals surface area contributed by atoms with Crippen molar-refractivity contribution in [3.05, 3.63) is 29.3 Å². The third kappa shape index (κ3) is 8.29. The molecule has 11 heteroatoms. The van der Waals surface area contributed by atoms with Gasteiger partial charge < -0.3 is 9.47 Å². The minimum absolute atomic E-state index is 0.0682. The molecule has 3 saturated carbocycles. The molecule has 1 aromatic rings. The zero-order chi connectivity index (χ0) is 30.7. The summed E-state index contributed by atoms with van der Waals surface area (Å²) in [7, 11) is 0. The molecule has 3 aliphatic rings. The van der Waals surface area contributed by atoms with Crippen LogP contribution in [0.25, 0.3) is 0 Å². The highest BCUT2D eigenvalue weighted by atomic mass is 19.4. The first-order valence-electron chi connectivity index (χ1n) is 15.4. The third-order valence-corrected chi connectivity index (χ3v) is 9.80. The smallest absolute Gasteiger partial charge is 0.422 e. The van der Waals surface area contributed by atoms with Gasteiger partial charge in [-0.05, 0) is 94.8 Å². The number of ether oxygens (including phenoxy) is 2. The molecule has 3 aliphatic carbocycles. The molecule has 0 radical (unpaired) electrons. The van der Waals surface area contributed by atoms with Gasteiger partial charge in [-0.2, -0.15) is 30.7 Å². The van der Waals surface area contributed by atoms with Crippen molar-refractivity contribution in [3.8, 4) is 5.75 Å². The van der Waals surface area contributed by atoms with Gasteiger partial charge in [0.05, 0.1) is 17.9 Å². The number of rotatable bonds is 10. The standard InChI is InChI=1S/C31H41F9O2/c1-2-3-4-19-5-11-22(12-6-19)30(37,38)41-24-15-9-21(10-16-24)20-7-13-23(14-8-20)31(39,40)42-25-17-26(32)28(27(33)18-25)29(34,35)36/h17-24H,2-16H2,1H3. The lowest BCUT2D eigenvalue weighted by molar-refractivity contribution is -0.302. The Bertz CT molecular complexity index is 981. The van der Waals surface area contributed by atoms with Crippen LogP contribution in [0.4, 0.5) is 39.5 Å². The summed E-state index contributed by atoms with van der Waals surface area (Å²) >= 11 is 0. The Labute approximate surface area is 241 Å². The van der Waals surface area contributed by atoms with Crippen molar-refractivity contribution >= 4 is 0 Å². The Morgan fingerprint density at radius 3 is 1.64 bits per heavy atom. The van der Waals surface area contributed by atoms with E-state index < -0.39 is 59.3 Å². The number of hydrogen-bond donors (Lipinski definition) is 0. The van der Waals surface area contributed by atoms with E-state index in [4.69, 9.17) is 4.74 Å². The van der Waals surface area contributed by atoms with Gasteiger partial charge in [0.2, 0.25) is 0 Å². The fourth-order valence-electron chi connectivity index (χ4n) is 7.32. The molecular formula is C31H41F9O2. The summed E-state index contributed by atoms with van der Waals surface area (Å²) in [4.78, 5) is 0. The normalized spacial score (nSPS) is 29.9. The van der Waals surface area contributed by atoms with Crippen LogP contribution in [0, 0.1) is 41.2 Å². The van der Waals surface area contributed by atoms with Crippen molar-refractivity contribution in [1.82, 2.24) is 0 Å². The van der Waals surface area contributed by atoms with E-state index in [1.807, 2.05) is 0 Å². The van der Waals surface area contributed by atoms with Crippen LogP contribution in [-0.2, 0) is 10.9 Å². The first kappa shape index (κ1) is 33.2. The van der Waals surface area contributed by atoms with Crippen LogP contribution in [0.3, 0.4) is 0 Å². The van der Waals surface area contributed by atoms with E-state index in [0.717, 1.165) is 32.1 Å². The van der Waals surface area contributed by atoms with Crippen molar-refractivity contribution in [2.45, 2.75) is 128 Å². The van der Waals surface area contributed by atoms with Gasteiger partial charge in [0.25, 0.3) is 0 Å². The van der Waals surface area contributed by atoms with E-state index in [2.05, 4.69) is 11.7 Å². The highest BCUT2D eigenvalue weighted by Crippen LogP contribution is 2.47. The summed E-state index contributed by atoms with van der Waals surface area (Å²) in [6.45, 7) is 2.13. The van der Waals surface area contributed by atoms with E-state index in [1.165, 1.54) is 0 Å². The molecule has 0 amide bonds. The predicted molar refractivity (Wildman–Crippen MR) is 139 cm³/mol. The molecule has 240 valence electrons. The van der Waals surface area contributed by atoms with Gasteiger partial charge in [-0.15, -0.1) is 0 Å². The van der Waals surface area contributed by atoms with Gasteiger partial charge in [0.15, 0.2) is 0 Å². The zero-order valence-electron chi connectivity index (χ0n) is 23.9. The summed E-state index contributed by atoms with van der Waals surface area (Å²) in [5, 5.41) is 0. The summed E-state index contributed by atoms with van der Waals surface area (Å²) in [6.07, 6.45) is -3.46. The summed E-state index contributed by atoms with van der Waals surface area (Å²) in [5.74, 6) is -6.19. The lowest BCUT2D eigenvalue weighted by Crippen LogP contribution is -2.40. The van der Waals surface area contributed by atoms with Crippen LogP contribution in [0.2, 0.25) is 0 Å². The molecule has 0 atom stereocenters. The first-order valence-corrected chi connectivity index (χ1v) is 15.4. The summed E-state index contributed by atoms with van der Waals surface area (Å²) in [5.41, 5.74) is -2.16. The van der Waals surface area contributed by atoms with Gasteiger partial charge in [0, 0.05) is 12.1 Å². The fraction of sp³-hybridized carbons (Fsp3) is 0.806. The van der Waals surface area contributed by atoms with Crippen LogP contribution in [0.15, 0.2) is 12.1 Å². The van der Waals surface area contributed by atoms with Crippen LogP contribution in [0.1, 0.15) is 109 Å². The first-order chi connectivity index (χ1) is 19.7. The van der Waals surface area contributed by atoms with Gasteiger partial charge >= 0.3 is 18.4 Å². The van der Waals surface area contributed by atoms with Crippen molar-refractivity contribution < 1.29 is 49.0 Å². The molecule has 2 nitrogen and oxygen atoms in total. The average molecular weight is 617 g/mol. The van der Waals surface area contributed by atoms with E-state index >= 15 is 0 Å². The molecule has 1 aromatic carbocycles. The maximum atomic E-state index is 15.0. The van der Waals surface area contributed by atoms with Gasteiger partial charge in [0.1, 0.15) is 22.9 Å². The Morgan fingerprint density at radius 1 is 0.667 bits per heavy atom. The molecule has 0 heterocycles. The third-order valence-electron chi connectivity index (χ3n) is 9.80. The molecule has 4 rings (SSSR count). The Hall–Kier alpha value is -1.65. The molecule has 0 N–H and O–H groups in total.